The molecule has 9 nitrogen and oxygen atoms in total. The molecule has 0 unspecified atom stereocenters. The van der Waals surface area contributed by atoms with Gasteiger partial charge in [-0.2, -0.15) is 0 Å². The number of carbonyl (C=O) groups is 1. The van der Waals surface area contributed by atoms with E-state index in [0.29, 0.717) is 6.42 Å². The van der Waals surface area contributed by atoms with Crippen molar-refractivity contribution < 1.29 is 15.0 Å². The van der Waals surface area contributed by atoms with Gasteiger partial charge in [-0.15, -0.1) is 0 Å². The molecule has 1 amide bonds. The van der Waals surface area contributed by atoms with Gasteiger partial charge in [0.1, 0.15) is 13.5 Å². The molecule has 0 atom stereocenters. The van der Waals surface area contributed by atoms with Crippen LogP contribution in [-0.2, 0) is 4.79 Å². The molecule has 0 aliphatic heterocycles. The number of rotatable bonds is 6. The van der Waals surface area contributed by atoms with Crippen LogP contribution in [0.5, 0.6) is 0 Å². The van der Waals surface area contributed by atoms with Crippen molar-refractivity contribution in [3.63, 3.8) is 0 Å². The number of unbranched alkanes of at least 4 members (excludes halogenated alkanes) is 2. The highest BCUT2D eigenvalue weighted by atomic mass is 16.3. The maximum atomic E-state index is 10.1. The first-order valence-electron chi connectivity index (χ1n) is 5.83. The Kier molecular flexibility index (Phi) is 12.9. The molecule has 0 aromatic rings. The van der Waals surface area contributed by atoms with Crippen molar-refractivity contribution in [2.45, 2.75) is 32.6 Å². The van der Waals surface area contributed by atoms with Gasteiger partial charge < -0.3 is 21.7 Å². The van der Waals surface area contributed by atoms with E-state index in [0.717, 1.165) is 24.2 Å². The van der Waals surface area contributed by atoms with E-state index in [1.165, 1.54) is 0 Å². The number of primary amides is 1. The number of guanidine groups is 2. The first-order chi connectivity index (χ1) is 8.88. The third kappa shape index (κ3) is 14.1. The van der Waals surface area contributed by atoms with Gasteiger partial charge >= 0.3 is 0 Å². The molecule has 0 heterocycles. The fraction of sp³-hybridized carbons (Fsp3) is 0.700. The first kappa shape index (κ1) is 19.5. The van der Waals surface area contributed by atoms with E-state index >= 15 is 0 Å². The van der Waals surface area contributed by atoms with Crippen LogP contribution in [0.1, 0.15) is 32.6 Å². The molecule has 112 valence electrons. The van der Waals surface area contributed by atoms with Gasteiger partial charge in [-0.1, -0.05) is 19.8 Å². The lowest BCUT2D eigenvalue weighted by molar-refractivity contribution is -0.118. The molecule has 0 radical (unpaired) electrons. The Morgan fingerprint density at radius 2 is 1.74 bits per heavy atom. The van der Waals surface area contributed by atoms with Gasteiger partial charge in [-0.3, -0.25) is 25.8 Å². The Labute approximate surface area is 112 Å². The summed E-state index contributed by atoms with van der Waals surface area (Å²) in [5.74, 6) is -0.914. The zero-order chi connectivity index (χ0) is 15.3. The summed E-state index contributed by atoms with van der Waals surface area (Å²) in [6, 6.07) is 0. The SMILES string of the molecule is CCCCCC(N)=O.N=C(N)NC(=N)N(CO)CO. The molecule has 0 fully saturated rings. The zero-order valence-corrected chi connectivity index (χ0v) is 11.1. The highest BCUT2D eigenvalue weighted by Gasteiger charge is 2.05. The molecule has 0 saturated carbocycles. The Morgan fingerprint density at radius 3 is 2.05 bits per heavy atom. The molecular weight excluding hydrogens is 252 g/mol. The molecule has 19 heavy (non-hydrogen) atoms. The summed E-state index contributed by atoms with van der Waals surface area (Å²) in [5.41, 5.74) is 9.78. The second-order valence-electron chi connectivity index (χ2n) is 3.63. The Hall–Kier alpha value is -1.87. The van der Waals surface area contributed by atoms with Gasteiger partial charge in [-0.05, 0) is 6.42 Å². The number of nitrogens with one attached hydrogen (secondary N) is 3. The van der Waals surface area contributed by atoms with E-state index in [4.69, 9.17) is 32.5 Å². The summed E-state index contributed by atoms with van der Waals surface area (Å²) in [6.45, 7) is 1.09. The topological polar surface area (TPSA) is 173 Å². The molecule has 0 spiro atoms. The van der Waals surface area contributed by atoms with E-state index < -0.39 is 19.4 Å². The van der Waals surface area contributed by atoms with Crippen molar-refractivity contribution in [1.82, 2.24) is 10.2 Å². The van der Waals surface area contributed by atoms with Crippen molar-refractivity contribution in [2.24, 2.45) is 11.5 Å². The molecule has 0 aromatic carbocycles. The number of amides is 1. The average molecular weight is 276 g/mol. The van der Waals surface area contributed by atoms with Crippen molar-refractivity contribution in [1.29, 1.82) is 10.8 Å². The Bertz CT molecular complexity index is 280. The third-order valence-corrected chi connectivity index (χ3v) is 1.94. The number of aliphatic hydroxyl groups is 2. The molecule has 9 heteroatoms. The van der Waals surface area contributed by atoms with E-state index in [2.05, 4.69) is 12.2 Å². The van der Waals surface area contributed by atoms with E-state index in [1.54, 1.807) is 0 Å². The van der Waals surface area contributed by atoms with Gasteiger partial charge in [0.05, 0.1) is 0 Å². The fourth-order valence-corrected chi connectivity index (χ4v) is 0.942. The van der Waals surface area contributed by atoms with Crippen LogP contribution in [0.4, 0.5) is 0 Å². The molecule has 9 N–H and O–H groups in total. The van der Waals surface area contributed by atoms with Crippen molar-refractivity contribution in [2.75, 3.05) is 13.5 Å². The van der Waals surface area contributed by atoms with Crippen LogP contribution in [0.3, 0.4) is 0 Å². The minimum Gasteiger partial charge on any atom is -0.376 e. The summed E-state index contributed by atoms with van der Waals surface area (Å²) >= 11 is 0. The summed E-state index contributed by atoms with van der Waals surface area (Å²) in [7, 11) is 0. The van der Waals surface area contributed by atoms with Crippen LogP contribution in [-0.4, -0.2) is 46.4 Å². The minimum atomic E-state index is -0.504. The monoisotopic (exact) mass is 276 g/mol. The van der Waals surface area contributed by atoms with Gasteiger partial charge in [-0.25, -0.2) is 0 Å². The van der Waals surface area contributed by atoms with E-state index in [1.807, 2.05) is 0 Å². The number of hydrogen-bond acceptors (Lipinski definition) is 5. The molecular formula is C10H24N6O3. The second kappa shape index (κ2) is 12.6. The zero-order valence-electron chi connectivity index (χ0n) is 11.1. The highest BCUT2D eigenvalue weighted by Crippen LogP contribution is 1.96. The number of hydrogen-bond donors (Lipinski definition) is 7. The summed E-state index contributed by atoms with van der Waals surface area (Å²) in [6.07, 6.45) is 3.76. The van der Waals surface area contributed by atoms with Crippen LogP contribution in [0, 0.1) is 10.8 Å². The molecule has 0 aliphatic rings. The van der Waals surface area contributed by atoms with Crippen molar-refractivity contribution in [3.8, 4) is 0 Å². The van der Waals surface area contributed by atoms with E-state index in [9.17, 15) is 4.79 Å². The summed E-state index contributed by atoms with van der Waals surface area (Å²) < 4.78 is 0. The largest absolute Gasteiger partial charge is 0.376 e. The normalized spacial score (nSPS) is 9.00. The summed E-state index contributed by atoms with van der Waals surface area (Å²) in [4.78, 5) is 11.0. The lowest BCUT2D eigenvalue weighted by atomic mass is 10.2. The standard InChI is InChI=1S/C6H13NO.C4H11N5O2/c1-2-3-4-5-6(7)8;5-3(6)8-4(7)9(1-10)2-11/h2-5H2,1H3,(H2,7,8);10-11H,1-2H2,(H5,5,6,7,8). The molecule has 0 aliphatic carbocycles. The lowest BCUT2D eigenvalue weighted by Crippen LogP contribution is -2.46. The number of aliphatic hydroxyl groups excluding tert-OH is 2. The van der Waals surface area contributed by atoms with Gasteiger partial charge in [0.15, 0.2) is 5.96 Å². The molecule has 0 saturated heterocycles. The fourth-order valence-electron chi connectivity index (χ4n) is 0.942. The van der Waals surface area contributed by atoms with Gasteiger partial charge in [0, 0.05) is 6.42 Å². The maximum Gasteiger partial charge on any atom is 0.217 e. The van der Waals surface area contributed by atoms with Gasteiger partial charge in [0.25, 0.3) is 0 Å². The number of nitrogens with two attached hydrogens (primary N) is 2. The second-order valence-corrected chi connectivity index (χ2v) is 3.63. The van der Waals surface area contributed by atoms with Crippen LogP contribution < -0.4 is 16.8 Å². The quantitative estimate of drug-likeness (QED) is 0.137. The predicted molar refractivity (Wildman–Crippen MR) is 72.1 cm³/mol. The van der Waals surface area contributed by atoms with Crippen LogP contribution in [0.25, 0.3) is 0 Å². The molecule has 0 rings (SSSR count). The van der Waals surface area contributed by atoms with Crippen LogP contribution in [0.2, 0.25) is 0 Å². The lowest BCUT2D eigenvalue weighted by Gasteiger charge is -2.19. The maximum absolute atomic E-state index is 10.1. The third-order valence-electron chi connectivity index (χ3n) is 1.94. The first-order valence-corrected chi connectivity index (χ1v) is 5.83. The number of nitrogens with zero attached hydrogens (tertiary/aromatic N) is 1. The average Bonchev–Trinajstić information content (AvgIpc) is 2.30. The smallest absolute Gasteiger partial charge is 0.217 e. The molecule has 0 bridgehead atoms. The van der Waals surface area contributed by atoms with Crippen molar-refractivity contribution >= 4 is 17.8 Å². The minimum absolute atomic E-state index is 0.182. The van der Waals surface area contributed by atoms with Gasteiger partial charge in [0.2, 0.25) is 11.9 Å². The Balaban J connectivity index is 0. The predicted octanol–water partition coefficient (Wildman–Crippen LogP) is -1.34. The van der Waals surface area contributed by atoms with E-state index in [-0.39, 0.29) is 11.9 Å². The summed E-state index contributed by atoms with van der Waals surface area (Å²) in [5, 5.41) is 32.8. The number of carbonyl (C=O) groups excluding carboxylic acids is 1. The van der Waals surface area contributed by atoms with Crippen molar-refractivity contribution in [3.05, 3.63) is 0 Å². The highest BCUT2D eigenvalue weighted by molar-refractivity contribution is 5.94. The Morgan fingerprint density at radius 1 is 1.21 bits per heavy atom. The molecule has 0 aromatic heterocycles. The van der Waals surface area contributed by atoms with Crippen LogP contribution in [0.15, 0.2) is 0 Å². The van der Waals surface area contributed by atoms with Crippen LogP contribution >= 0.6 is 0 Å².